The van der Waals surface area contributed by atoms with E-state index >= 15 is 0 Å². The Kier molecular flexibility index (Phi) is 6.04. The highest BCUT2D eigenvalue weighted by atomic mass is 16.5. The van der Waals surface area contributed by atoms with Crippen molar-refractivity contribution in [2.45, 2.75) is 6.42 Å². The number of benzene rings is 1. The fourth-order valence-electron chi connectivity index (χ4n) is 1.38. The van der Waals surface area contributed by atoms with Gasteiger partial charge in [0.1, 0.15) is 0 Å². The molecule has 0 heterocycles. The van der Waals surface area contributed by atoms with Crippen molar-refractivity contribution in [3.8, 4) is 0 Å². The van der Waals surface area contributed by atoms with Crippen LogP contribution in [0.15, 0.2) is 36.4 Å². The van der Waals surface area contributed by atoms with Gasteiger partial charge in [-0.15, -0.1) is 0 Å². The summed E-state index contributed by atoms with van der Waals surface area (Å²) in [6.45, 7) is 1.50. The van der Waals surface area contributed by atoms with Gasteiger partial charge in [0, 0.05) is 12.5 Å². The highest BCUT2D eigenvalue weighted by Crippen LogP contribution is 2.00. The summed E-state index contributed by atoms with van der Waals surface area (Å²) in [7, 11) is 4.16. The maximum atomic E-state index is 11.3. The van der Waals surface area contributed by atoms with E-state index in [4.69, 9.17) is 4.74 Å². The second kappa shape index (κ2) is 7.63. The number of nitrogens with one attached hydrogen (secondary N) is 1. The van der Waals surface area contributed by atoms with Gasteiger partial charge in [-0.3, -0.25) is 0 Å². The van der Waals surface area contributed by atoms with Crippen LogP contribution < -0.4 is 4.90 Å². The molecule has 17 heavy (non-hydrogen) atoms. The second-order valence-corrected chi connectivity index (χ2v) is 4.22. The molecule has 0 aliphatic carbocycles. The largest absolute Gasteiger partial charge is 0.462 e. The lowest BCUT2D eigenvalue weighted by Gasteiger charge is -2.06. The molecule has 1 N–H and O–H groups in total. The normalized spacial score (nSPS) is 11.0. The Hall–Kier alpha value is -1.61. The van der Waals surface area contributed by atoms with Crippen molar-refractivity contribution in [2.24, 2.45) is 0 Å². The Balaban J connectivity index is 2.23. The molecular weight excluding hydrogens is 214 g/mol. The van der Waals surface area contributed by atoms with Crippen LogP contribution >= 0.6 is 0 Å². The topological polar surface area (TPSA) is 30.7 Å². The first-order chi connectivity index (χ1) is 8.18. The van der Waals surface area contributed by atoms with E-state index in [9.17, 15) is 4.79 Å². The molecule has 92 valence electrons. The van der Waals surface area contributed by atoms with Gasteiger partial charge < -0.3 is 9.64 Å². The van der Waals surface area contributed by atoms with Gasteiger partial charge >= 0.3 is 5.97 Å². The van der Waals surface area contributed by atoms with E-state index in [0.717, 1.165) is 18.5 Å². The predicted molar refractivity (Wildman–Crippen MR) is 68.7 cm³/mol. The molecule has 0 atom stereocenters. The highest BCUT2D eigenvalue weighted by molar-refractivity contribution is 5.86. The Morgan fingerprint density at radius 1 is 1.29 bits per heavy atom. The van der Waals surface area contributed by atoms with E-state index in [-0.39, 0.29) is 5.97 Å². The summed E-state index contributed by atoms with van der Waals surface area (Å²) in [6.07, 6.45) is 4.13. The molecule has 0 bridgehead atoms. The van der Waals surface area contributed by atoms with Gasteiger partial charge in [-0.1, -0.05) is 30.3 Å². The number of hydrogen-bond donors (Lipinski definition) is 1. The molecule has 0 saturated heterocycles. The fraction of sp³-hybridized carbons (Fsp3) is 0.357. The fourth-order valence-corrected chi connectivity index (χ4v) is 1.38. The molecular formula is C14H20NO2+. The zero-order valence-corrected chi connectivity index (χ0v) is 10.5. The minimum Gasteiger partial charge on any atom is -0.462 e. The monoisotopic (exact) mass is 234 g/mol. The van der Waals surface area contributed by atoms with Crippen molar-refractivity contribution in [1.29, 1.82) is 0 Å². The first-order valence-corrected chi connectivity index (χ1v) is 5.87. The van der Waals surface area contributed by atoms with Crippen molar-refractivity contribution in [3.05, 3.63) is 42.0 Å². The van der Waals surface area contributed by atoms with Crippen LogP contribution in [-0.4, -0.2) is 33.2 Å². The van der Waals surface area contributed by atoms with Gasteiger partial charge in [0.2, 0.25) is 0 Å². The lowest BCUT2D eigenvalue weighted by atomic mass is 10.2. The number of carbonyl (C=O) groups is 1. The molecule has 0 saturated carbocycles. The molecule has 1 aromatic carbocycles. The Morgan fingerprint density at radius 2 is 2.00 bits per heavy atom. The number of ether oxygens (including phenoxy) is 1. The zero-order chi connectivity index (χ0) is 12.5. The van der Waals surface area contributed by atoms with Gasteiger partial charge in [-0.05, 0) is 11.6 Å². The molecule has 0 spiro atoms. The molecule has 3 nitrogen and oxygen atoms in total. The Morgan fingerprint density at radius 3 is 2.65 bits per heavy atom. The van der Waals surface area contributed by atoms with Crippen molar-refractivity contribution >= 4 is 12.0 Å². The molecule has 0 radical (unpaired) electrons. The smallest absolute Gasteiger partial charge is 0.330 e. The first-order valence-electron chi connectivity index (χ1n) is 5.87. The summed E-state index contributed by atoms with van der Waals surface area (Å²) < 4.78 is 5.08. The molecule has 0 unspecified atom stereocenters. The number of rotatable bonds is 6. The molecule has 0 aliphatic heterocycles. The third-order valence-corrected chi connectivity index (χ3v) is 2.28. The van der Waals surface area contributed by atoms with Gasteiger partial charge in [0.05, 0.1) is 27.2 Å². The number of esters is 1. The minimum absolute atomic E-state index is 0.275. The van der Waals surface area contributed by atoms with Crippen LogP contribution in [0.4, 0.5) is 0 Å². The summed E-state index contributed by atoms with van der Waals surface area (Å²) >= 11 is 0. The number of quaternary nitrogens is 1. The van der Waals surface area contributed by atoms with Crippen LogP contribution in [0, 0.1) is 0 Å². The molecule has 0 amide bonds. The van der Waals surface area contributed by atoms with Gasteiger partial charge in [-0.25, -0.2) is 4.79 Å². The molecule has 0 fully saturated rings. The van der Waals surface area contributed by atoms with E-state index < -0.39 is 0 Å². The summed E-state index contributed by atoms with van der Waals surface area (Å²) in [5.74, 6) is -0.275. The predicted octanol–water partition coefficient (Wildman–Crippen LogP) is 0.778. The minimum atomic E-state index is -0.275. The Bertz CT molecular complexity index is 358. The van der Waals surface area contributed by atoms with Crippen LogP contribution in [0.1, 0.15) is 12.0 Å². The molecule has 1 aromatic rings. The lowest BCUT2D eigenvalue weighted by molar-refractivity contribution is -0.858. The van der Waals surface area contributed by atoms with Crippen LogP contribution in [-0.2, 0) is 9.53 Å². The zero-order valence-electron chi connectivity index (χ0n) is 10.5. The average molecular weight is 234 g/mol. The van der Waals surface area contributed by atoms with E-state index in [0.29, 0.717) is 6.61 Å². The lowest BCUT2D eigenvalue weighted by Crippen LogP contribution is -3.05. The summed E-state index contributed by atoms with van der Waals surface area (Å²) in [6, 6.07) is 9.70. The number of hydrogen-bond acceptors (Lipinski definition) is 2. The van der Waals surface area contributed by atoms with Crippen molar-refractivity contribution in [2.75, 3.05) is 27.2 Å². The van der Waals surface area contributed by atoms with Gasteiger partial charge in [-0.2, -0.15) is 0 Å². The molecule has 3 heteroatoms. The van der Waals surface area contributed by atoms with Crippen LogP contribution in [0.2, 0.25) is 0 Å². The molecule has 1 rings (SSSR count). The van der Waals surface area contributed by atoms with Crippen LogP contribution in [0.5, 0.6) is 0 Å². The summed E-state index contributed by atoms with van der Waals surface area (Å²) in [5, 5.41) is 0. The second-order valence-electron chi connectivity index (χ2n) is 4.22. The Labute approximate surface area is 103 Å². The van der Waals surface area contributed by atoms with E-state index in [1.54, 1.807) is 6.08 Å². The van der Waals surface area contributed by atoms with Crippen molar-refractivity contribution < 1.29 is 14.4 Å². The SMILES string of the molecule is C[NH+](C)CCCOC(=O)/C=C/c1ccccc1. The summed E-state index contributed by atoms with van der Waals surface area (Å²) in [4.78, 5) is 12.7. The van der Waals surface area contributed by atoms with E-state index in [1.165, 1.54) is 11.0 Å². The maximum Gasteiger partial charge on any atom is 0.330 e. The van der Waals surface area contributed by atoms with Gasteiger partial charge in [0.15, 0.2) is 0 Å². The van der Waals surface area contributed by atoms with Crippen LogP contribution in [0.3, 0.4) is 0 Å². The molecule has 0 aromatic heterocycles. The van der Waals surface area contributed by atoms with E-state index in [1.807, 2.05) is 30.3 Å². The maximum absolute atomic E-state index is 11.3. The third-order valence-electron chi connectivity index (χ3n) is 2.28. The van der Waals surface area contributed by atoms with Crippen LogP contribution in [0.25, 0.3) is 6.08 Å². The highest BCUT2D eigenvalue weighted by Gasteiger charge is 1.98. The molecule has 0 aliphatic rings. The first kappa shape index (κ1) is 13.5. The van der Waals surface area contributed by atoms with E-state index in [2.05, 4.69) is 14.1 Å². The van der Waals surface area contributed by atoms with Crippen molar-refractivity contribution in [1.82, 2.24) is 0 Å². The van der Waals surface area contributed by atoms with Crippen molar-refractivity contribution in [3.63, 3.8) is 0 Å². The summed E-state index contributed by atoms with van der Waals surface area (Å²) in [5.41, 5.74) is 1.00. The third kappa shape index (κ3) is 6.53. The quantitative estimate of drug-likeness (QED) is 0.448. The van der Waals surface area contributed by atoms with Gasteiger partial charge in [0.25, 0.3) is 0 Å². The average Bonchev–Trinajstić information content (AvgIpc) is 2.33. The number of carbonyl (C=O) groups excluding carboxylic acids is 1. The standard InChI is InChI=1S/C14H19NO2/c1-15(2)11-6-12-17-14(16)10-9-13-7-4-3-5-8-13/h3-5,7-10H,6,11-12H2,1-2H3/p+1/b10-9+.